The number of methoxy groups -OCH3 is 1. The first-order valence-electron chi connectivity index (χ1n) is 12.7. The van der Waals surface area contributed by atoms with E-state index >= 15 is 4.48 Å². The van der Waals surface area contributed by atoms with Gasteiger partial charge in [0.15, 0.2) is 5.82 Å². The summed E-state index contributed by atoms with van der Waals surface area (Å²) >= 11 is 0. The van der Waals surface area contributed by atoms with E-state index in [1.807, 2.05) is 24.3 Å². The molecule has 1 aliphatic rings. The van der Waals surface area contributed by atoms with E-state index < -0.39 is 0 Å². The molecule has 198 valence electrons. The molecule has 4 aromatic rings. The molecule has 1 fully saturated rings. The van der Waals surface area contributed by atoms with Crippen LogP contribution in [0.3, 0.4) is 0 Å². The molecule has 10 heteroatoms. The first-order chi connectivity index (χ1) is 18.6. The van der Waals surface area contributed by atoms with Crippen molar-refractivity contribution in [1.29, 1.82) is 0 Å². The molecule has 0 radical (unpaired) electrons. The van der Waals surface area contributed by atoms with Crippen LogP contribution in [-0.2, 0) is 0 Å². The van der Waals surface area contributed by atoms with Gasteiger partial charge in [-0.05, 0) is 49.6 Å². The van der Waals surface area contributed by atoms with Crippen LogP contribution in [0.25, 0.3) is 22.8 Å². The Balaban J connectivity index is 1.21. The lowest BCUT2D eigenvalue weighted by atomic mass is 10.1. The molecule has 3 heterocycles. The lowest BCUT2D eigenvalue weighted by Crippen LogP contribution is -2.36. The van der Waals surface area contributed by atoms with Gasteiger partial charge in [0, 0.05) is 43.1 Å². The fraction of sp³-hybridized carbons (Fsp3) is 0.321. The van der Waals surface area contributed by atoms with E-state index in [1.165, 1.54) is 6.20 Å². The van der Waals surface area contributed by atoms with Crippen molar-refractivity contribution in [3.05, 3.63) is 67.0 Å². The van der Waals surface area contributed by atoms with E-state index in [4.69, 9.17) is 9.47 Å². The largest absolute Gasteiger partial charge is 0.497 e. The smallest absolute Gasteiger partial charge is 0.227 e. The number of hydrogen-bond donors (Lipinski definition) is 2. The van der Waals surface area contributed by atoms with Gasteiger partial charge in [0.25, 0.3) is 0 Å². The first-order valence-corrected chi connectivity index (χ1v) is 12.7. The SMILES string of the molecule is COc1cccc(-c2ncc(-c3ccnc(Nc4cccc(OCCCN5CCC(O)CC5)c4)n3)n2F)c1. The van der Waals surface area contributed by atoms with Crippen LogP contribution in [0, 0.1) is 0 Å². The fourth-order valence-corrected chi connectivity index (χ4v) is 4.43. The van der Waals surface area contributed by atoms with Gasteiger partial charge in [0.05, 0.1) is 31.7 Å². The number of halogens is 1. The zero-order chi connectivity index (χ0) is 26.3. The topological polar surface area (TPSA) is 97.6 Å². The maximum atomic E-state index is 15.2. The highest BCUT2D eigenvalue weighted by Gasteiger charge is 2.17. The lowest BCUT2D eigenvalue weighted by molar-refractivity contribution is 0.0800. The average Bonchev–Trinajstić information content (AvgIpc) is 3.33. The summed E-state index contributed by atoms with van der Waals surface area (Å²) in [5.74, 6) is 1.85. The van der Waals surface area contributed by atoms with E-state index in [1.54, 1.807) is 43.6 Å². The number of piperidine rings is 1. The normalized spacial score (nSPS) is 14.4. The molecular weight excluding hydrogens is 487 g/mol. The number of likely N-dealkylation sites (tertiary alicyclic amines) is 1. The van der Waals surface area contributed by atoms with Crippen molar-refractivity contribution in [1.82, 2.24) is 24.6 Å². The number of anilines is 2. The Morgan fingerprint density at radius 1 is 1.05 bits per heavy atom. The number of aliphatic hydroxyl groups excluding tert-OH is 1. The van der Waals surface area contributed by atoms with Crippen molar-refractivity contribution in [2.75, 3.05) is 38.7 Å². The minimum Gasteiger partial charge on any atom is -0.497 e. The second-order valence-electron chi connectivity index (χ2n) is 9.17. The summed E-state index contributed by atoms with van der Waals surface area (Å²) in [4.78, 5) is 15.9. The molecular formula is C28H31FN6O3. The Morgan fingerprint density at radius 2 is 1.87 bits per heavy atom. The maximum Gasteiger partial charge on any atom is 0.227 e. The van der Waals surface area contributed by atoms with E-state index in [0.29, 0.717) is 34.4 Å². The number of aliphatic hydroxyl groups is 1. The molecule has 2 N–H and O–H groups in total. The van der Waals surface area contributed by atoms with Crippen LogP contribution in [-0.4, -0.2) is 69.2 Å². The van der Waals surface area contributed by atoms with Gasteiger partial charge < -0.3 is 24.8 Å². The van der Waals surface area contributed by atoms with Gasteiger partial charge in [0.1, 0.15) is 17.2 Å². The van der Waals surface area contributed by atoms with Crippen LogP contribution < -0.4 is 14.8 Å². The second kappa shape index (κ2) is 12.0. The monoisotopic (exact) mass is 518 g/mol. The van der Waals surface area contributed by atoms with Gasteiger partial charge in [-0.1, -0.05) is 22.7 Å². The van der Waals surface area contributed by atoms with Crippen molar-refractivity contribution in [2.45, 2.75) is 25.4 Å². The van der Waals surface area contributed by atoms with Crippen molar-refractivity contribution in [2.24, 2.45) is 0 Å². The molecule has 0 unspecified atom stereocenters. The Labute approximate surface area is 220 Å². The highest BCUT2D eigenvalue weighted by Crippen LogP contribution is 2.28. The molecule has 0 amide bonds. The van der Waals surface area contributed by atoms with Crippen LogP contribution in [0.4, 0.5) is 16.1 Å². The molecule has 5 rings (SSSR count). The third-order valence-corrected chi connectivity index (χ3v) is 6.49. The van der Waals surface area contributed by atoms with Gasteiger partial charge in [-0.2, -0.15) is 4.79 Å². The third-order valence-electron chi connectivity index (χ3n) is 6.49. The number of ether oxygens (including phenoxy) is 2. The van der Waals surface area contributed by atoms with Gasteiger partial charge in [-0.15, -0.1) is 0 Å². The van der Waals surface area contributed by atoms with Crippen molar-refractivity contribution >= 4 is 11.6 Å². The molecule has 38 heavy (non-hydrogen) atoms. The molecule has 9 nitrogen and oxygen atoms in total. The maximum absolute atomic E-state index is 15.2. The quantitative estimate of drug-likeness (QED) is 0.291. The predicted molar refractivity (Wildman–Crippen MR) is 143 cm³/mol. The van der Waals surface area contributed by atoms with Crippen LogP contribution in [0.15, 0.2) is 67.0 Å². The standard InChI is InChI=1S/C28H31FN6O3/c1-37-23-7-2-5-20(17-23)27-31-19-26(35(27)29)25-9-12-30-28(33-25)32-21-6-3-8-24(18-21)38-16-4-13-34-14-10-22(36)11-15-34/h2-3,5-9,12,17-19,22,36H,4,10-11,13-16H2,1H3,(H,30,32,33). The Morgan fingerprint density at radius 3 is 2.71 bits per heavy atom. The number of benzene rings is 2. The highest BCUT2D eigenvalue weighted by atomic mass is 19.2. The fourth-order valence-electron chi connectivity index (χ4n) is 4.43. The van der Waals surface area contributed by atoms with Crippen LogP contribution in [0.5, 0.6) is 11.5 Å². The van der Waals surface area contributed by atoms with Crippen molar-refractivity contribution < 1.29 is 19.1 Å². The van der Waals surface area contributed by atoms with Crippen LogP contribution in [0.2, 0.25) is 0 Å². The first kappa shape index (κ1) is 25.6. The summed E-state index contributed by atoms with van der Waals surface area (Å²) in [5, 5.41) is 12.8. The molecule has 0 bridgehead atoms. The number of imidazole rings is 1. The Hall–Kier alpha value is -4.02. The number of nitrogens with zero attached hydrogens (tertiary/aromatic N) is 5. The van der Waals surface area contributed by atoms with Gasteiger partial charge in [-0.3, -0.25) is 0 Å². The van der Waals surface area contributed by atoms with E-state index in [0.717, 1.165) is 50.3 Å². The van der Waals surface area contributed by atoms with Crippen molar-refractivity contribution in [3.8, 4) is 34.3 Å². The Kier molecular flexibility index (Phi) is 8.10. The molecule has 2 aromatic heterocycles. The predicted octanol–water partition coefficient (Wildman–Crippen LogP) is 4.72. The number of aromatic nitrogens is 4. The van der Waals surface area contributed by atoms with E-state index in [9.17, 15) is 5.11 Å². The molecule has 0 spiro atoms. The van der Waals surface area contributed by atoms with Crippen LogP contribution in [0.1, 0.15) is 19.3 Å². The van der Waals surface area contributed by atoms with Crippen LogP contribution >= 0.6 is 0 Å². The minimum atomic E-state index is -0.155. The summed E-state index contributed by atoms with van der Waals surface area (Å²) in [6, 6.07) is 16.3. The summed E-state index contributed by atoms with van der Waals surface area (Å²) in [6.07, 6.45) is 5.46. The second-order valence-corrected chi connectivity index (χ2v) is 9.17. The summed E-state index contributed by atoms with van der Waals surface area (Å²) < 4.78 is 26.4. The third kappa shape index (κ3) is 6.27. The number of nitrogens with one attached hydrogen (secondary N) is 1. The zero-order valence-electron chi connectivity index (χ0n) is 21.3. The summed E-state index contributed by atoms with van der Waals surface area (Å²) in [5.41, 5.74) is 1.96. The van der Waals surface area contributed by atoms with Crippen molar-refractivity contribution in [3.63, 3.8) is 0 Å². The molecule has 0 aliphatic carbocycles. The highest BCUT2D eigenvalue weighted by molar-refractivity contribution is 5.65. The van der Waals surface area contributed by atoms with Gasteiger partial charge in [-0.25, -0.2) is 15.0 Å². The van der Waals surface area contributed by atoms with E-state index in [-0.39, 0.29) is 17.6 Å². The van der Waals surface area contributed by atoms with E-state index in [2.05, 4.69) is 25.2 Å². The zero-order valence-corrected chi connectivity index (χ0v) is 21.3. The average molecular weight is 519 g/mol. The van der Waals surface area contributed by atoms with Gasteiger partial charge in [0.2, 0.25) is 5.95 Å². The number of rotatable bonds is 10. The number of hydrogen-bond acceptors (Lipinski definition) is 8. The molecule has 1 saturated heterocycles. The molecule has 0 atom stereocenters. The minimum absolute atomic E-state index is 0.155. The molecule has 1 aliphatic heterocycles. The molecule has 0 saturated carbocycles. The summed E-state index contributed by atoms with van der Waals surface area (Å²) in [6.45, 7) is 3.43. The molecule has 2 aromatic carbocycles. The Bertz CT molecular complexity index is 1360. The van der Waals surface area contributed by atoms with Gasteiger partial charge >= 0.3 is 0 Å². The summed E-state index contributed by atoms with van der Waals surface area (Å²) in [7, 11) is 1.56. The lowest BCUT2D eigenvalue weighted by Gasteiger charge is -2.29.